The molecule has 1 aliphatic heterocycles. The molecular formula is C14H18N4S. The number of nitrogen functional groups attached to an aromatic ring is 1. The molecular weight excluding hydrogens is 256 g/mol. The third-order valence-corrected chi connectivity index (χ3v) is 4.41. The first-order valence-corrected chi connectivity index (χ1v) is 7.38. The predicted molar refractivity (Wildman–Crippen MR) is 82.1 cm³/mol. The van der Waals surface area contributed by atoms with Gasteiger partial charge in [0, 0.05) is 42.9 Å². The molecule has 0 atom stereocenters. The van der Waals surface area contributed by atoms with Crippen molar-refractivity contribution in [1.29, 1.82) is 0 Å². The number of aromatic nitrogens is 1. The normalized spacial score (nSPS) is 15.8. The van der Waals surface area contributed by atoms with Crippen molar-refractivity contribution in [3.05, 3.63) is 35.3 Å². The largest absolute Gasteiger partial charge is 0.399 e. The quantitative estimate of drug-likeness (QED) is 0.854. The number of benzene rings is 1. The SMILES string of the molecule is Cc1csc(N2CCN(c3cccc(N)c3)CC2)n1. The summed E-state index contributed by atoms with van der Waals surface area (Å²) in [6.45, 7) is 6.11. The highest BCUT2D eigenvalue weighted by Gasteiger charge is 2.19. The first kappa shape index (κ1) is 12.3. The van der Waals surface area contributed by atoms with E-state index in [4.69, 9.17) is 5.73 Å². The monoisotopic (exact) mass is 274 g/mol. The lowest BCUT2D eigenvalue weighted by Crippen LogP contribution is -2.46. The van der Waals surface area contributed by atoms with Gasteiger partial charge in [0.25, 0.3) is 0 Å². The highest BCUT2D eigenvalue weighted by atomic mass is 32.1. The standard InChI is InChI=1S/C14H18N4S/c1-11-10-19-14(16-11)18-7-5-17(6-8-18)13-4-2-3-12(15)9-13/h2-4,9-10H,5-8,15H2,1H3. The van der Waals surface area contributed by atoms with Gasteiger partial charge in [-0.3, -0.25) is 0 Å². The van der Waals surface area contributed by atoms with Gasteiger partial charge in [-0.15, -0.1) is 11.3 Å². The van der Waals surface area contributed by atoms with Crippen molar-refractivity contribution in [2.24, 2.45) is 0 Å². The van der Waals surface area contributed by atoms with Crippen LogP contribution in [0, 0.1) is 6.92 Å². The van der Waals surface area contributed by atoms with Gasteiger partial charge in [-0.25, -0.2) is 4.98 Å². The fourth-order valence-corrected chi connectivity index (χ4v) is 3.22. The third-order valence-electron chi connectivity index (χ3n) is 3.39. The maximum atomic E-state index is 5.84. The topological polar surface area (TPSA) is 45.4 Å². The van der Waals surface area contributed by atoms with Gasteiger partial charge in [-0.05, 0) is 25.1 Å². The summed E-state index contributed by atoms with van der Waals surface area (Å²) in [4.78, 5) is 9.30. The smallest absolute Gasteiger partial charge is 0.185 e. The zero-order valence-electron chi connectivity index (χ0n) is 11.0. The first-order valence-electron chi connectivity index (χ1n) is 6.50. The van der Waals surface area contributed by atoms with Crippen LogP contribution in [0.2, 0.25) is 0 Å². The third kappa shape index (κ3) is 2.66. The van der Waals surface area contributed by atoms with Crippen molar-refractivity contribution in [2.45, 2.75) is 6.92 Å². The molecule has 2 heterocycles. The van der Waals surface area contributed by atoms with E-state index in [9.17, 15) is 0 Å². The van der Waals surface area contributed by atoms with Crippen molar-refractivity contribution < 1.29 is 0 Å². The van der Waals surface area contributed by atoms with Crippen LogP contribution < -0.4 is 15.5 Å². The number of thiazole rings is 1. The van der Waals surface area contributed by atoms with Crippen LogP contribution in [0.15, 0.2) is 29.6 Å². The molecule has 0 bridgehead atoms. The Morgan fingerprint density at radius 1 is 1.16 bits per heavy atom. The average Bonchev–Trinajstić information content (AvgIpc) is 2.86. The van der Waals surface area contributed by atoms with Gasteiger partial charge in [-0.2, -0.15) is 0 Å². The van der Waals surface area contributed by atoms with E-state index in [1.807, 2.05) is 25.1 Å². The molecule has 5 heteroatoms. The van der Waals surface area contributed by atoms with Crippen LogP contribution >= 0.6 is 11.3 Å². The van der Waals surface area contributed by atoms with E-state index in [0.29, 0.717) is 0 Å². The van der Waals surface area contributed by atoms with E-state index in [0.717, 1.165) is 42.7 Å². The average molecular weight is 274 g/mol. The molecule has 2 N–H and O–H groups in total. The van der Waals surface area contributed by atoms with Crippen molar-refractivity contribution in [2.75, 3.05) is 41.7 Å². The van der Waals surface area contributed by atoms with Crippen LogP contribution in [0.4, 0.5) is 16.5 Å². The molecule has 1 aromatic carbocycles. The molecule has 1 aromatic heterocycles. The summed E-state index contributed by atoms with van der Waals surface area (Å²) >= 11 is 1.73. The molecule has 1 saturated heterocycles. The van der Waals surface area contributed by atoms with Gasteiger partial charge < -0.3 is 15.5 Å². The van der Waals surface area contributed by atoms with Crippen LogP contribution in [-0.2, 0) is 0 Å². The molecule has 1 aliphatic rings. The lowest BCUT2D eigenvalue weighted by atomic mass is 10.2. The van der Waals surface area contributed by atoms with Crippen molar-refractivity contribution in [3.8, 4) is 0 Å². The van der Waals surface area contributed by atoms with E-state index in [1.54, 1.807) is 11.3 Å². The number of anilines is 3. The minimum Gasteiger partial charge on any atom is -0.399 e. The van der Waals surface area contributed by atoms with E-state index in [2.05, 4.69) is 26.2 Å². The Labute approximate surface area is 117 Å². The molecule has 0 aliphatic carbocycles. The number of aryl methyl sites for hydroxylation is 1. The number of nitrogens with zero attached hydrogens (tertiary/aromatic N) is 3. The Kier molecular flexibility index (Phi) is 3.29. The second-order valence-corrected chi connectivity index (χ2v) is 5.68. The van der Waals surface area contributed by atoms with E-state index in [1.165, 1.54) is 5.69 Å². The molecule has 0 spiro atoms. The van der Waals surface area contributed by atoms with E-state index < -0.39 is 0 Å². The Morgan fingerprint density at radius 2 is 1.89 bits per heavy atom. The zero-order chi connectivity index (χ0) is 13.2. The predicted octanol–water partition coefficient (Wildman–Crippen LogP) is 2.36. The number of piperazine rings is 1. The summed E-state index contributed by atoms with van der Waals surface area (Å²) in [6.07, 6.45) is 0. The maximum Gasteiger partial charge on any atom is 0.185 e. The van der Waals surface area contributed by atoms with Gasteiger partial charge in [0.05, 0.1) is 5.69 Å². The summed E-state index contributed by atoms with van der Waals surface area (Å²) in [6, 6.07) is 8.11. The van der Waals surface area contributed by atoms with Crippen LogP contribution in [0.3, 0.4) is 0 Å². The Morgan fingerprint density at radius 3 is 2.53 bits per heavy atom. The number of hydrogen-bond donors (Lipinski definition) is 1. The fourth-order valence-electron chi connectivity index (χ4n) is 2.36. The first-order chi connectivity index (χ1) is 9.22. The van der Waals surface area contributed by atoms with Crippen molar-refractivity contribution in [3.63, 3.8) is 0 Å². The van der Waals surface area contributed by atoms with Gasteiger partial charge in [0.1, 0.15) is 0 Å². The van der Waals surface area contributed by atoms with E-state index in [-0.39, 0.29) is 0 Å². The summed E-state index contributed by atoms with van der Waals surface area (Å²) in [5.41, 5.74) is 9.00. The van der Waals surface area contributed by atoms with Gasteiger partial charge >= 0.3 is 0 Å². The fraction of sp³-hybridized carbons (Fsp3) is 0.357. The number of nitrogens with two attached hydrogens (primary N) is 1. The second-order valence-electron chi connectivity index (χ2n) is 4.84. The minimum absolute atomic E-state index is 0.829. The van der Waals surface area contributed by atoms with Crippen LogP contribution in [-0.4, -0.2) is 31.2 Å². The van der Waals surface area contributed by atoms with Gasteiger partial charge in [-0.1, -0.05) is 6.07 Å². The van der Waals surface area contributed by atoms with E-state index >= 15 is 0 Å². The highest BCUT2D eigenvalue weighted by molar-refractivity contribution is 7.13. The summed E-state index contributed by atoms with van der Waals surface area (Å²) in [7, 11) is 0. The van der Waals surface area contributed by atoms with Crippen LogP contribution in [0.25, 0.3) is 0 Å². The lowest BCUT2D eigenvalue weighted by molar-refractivity contribution is 0.652. The molecule has 4 nitrogen and oxygen atoms in total. The van der Waals surface area contributed by atoms with Gasteiger partial charge in [0.15, 0.2) is 5.13 Å². The Hall–Kier alpha value is -1.75. The molecule has 0 saturated carbocycles. The summed E-state index contributed by atoms with van der Waals surface area (Å²) in [5.74, 6) is 0. The second kappa shape index (κ2) is 5.09. The molecule has 0 amide bonds. The Bertz CT molecular complexity index is 558. The summed E-state index contributed by atoms with van der Waals surface area (Å²) in [5, 5.41) is 3.25. The molecule has 19 heavy (non-hydrogen) atoms. The van der Waals surface area contributed by atoms with Crippen LogP contribution in [0.1, 0.15) is 5.69 Å². The van der Waals surface area contributed by atoms with Crippen LogP contribution in [0.5, 0.6) is 0 Å². The molecule has 100 valence electrons. The molecule has 3 rings (SSSR count). The molecule has 0 radical (unpaired) electrons. The highest BCUT2D eigenvalue weighted by Crippen LogP contribution is 2.24. The number of hydrogen-bond acceptors (Lipinski definition) is 5. The molecule has 1 fully saturated rings. The van der Waals surface area contributed by atoms with Crippen molar-refractivity contribution in [1.82, 2.24) is 4.98 Å². The number of rotatable bonds is 2. The van der Waals surface area contributed by atoms with Crippen molar-refractivity contribution >= 4 is 27.8 Å². The Balaban J connectivity index is 1.66. The van der Waals surface area contributed by atoms with Gasteiger partial charge in [0.2, 0.25) is 0 Å². The summed E-state index contributed by atoms with van der Waals surface area (Å²) < 4.78 is 0. The minimum atomic E-state index is 0.829. The molecule has 2 aromatic rings. The zero-order valence-corrected chi connectivity index (χ0v) is 11.9. The maximum absolute atomic E-state index is 5.84. The lowest BCUT2D eigenvalue weighted by Gasteiger charge is -2.36. The molecule has 0 unspecified atom stereocenters.